The molecule has 0 aromatic carbocycles. The molecule has 0 spiro atoms. The van der Waals surface area contributed by atoms with Crippen LogP contribution in [-0.4, -0.2) is 30.8 Å². The lowest BCUT2D eigenvalue weighted by atomic mass is 9.91. The van der Waals surface area contributed by atoms with Gasteiger partial charge in [0, 0.05) is 36.5 Å². The van der Waals surface area contributed by atoms with Gasteiger partial charge in [-0.2, -0.15) is 0 Å². The van der Waals surface area contributed by atoms with Gasteiger partial charge in [0.25, 0.3) is 0 Å². The van der Waals surface area contributed by atoms with Crippen LogP contribution in [0.2, 0.25) is 0 Å². The second kappa shape index (κ2) is 7.07. The Kier molecular flexibility index (Phi) is 5.63. The van der Waals surface area contributed by atoms with Crippen LogP contribution in [0.4, 0.5) is 5.13 Å². The molecule has 1 aromatic rings. The van der Waals surface area contributed by atoms with Gasteiger partial charge < -0.3 is 15.4 Å². The van der Waals surface area contributed by atoms with Gasteiger partial charge in [-0.15, -0.1) is 11.3 Å². The van der Waals surface area contributed by atoms with Crippen LogP contribution in [0.1, 0.15) is 57.5 Å². The van der Waals surface area contributed by atoms with Crippen molar-refractivity contribution in [2.45, 2.75) is 65.0 Å². The van der Waals surface area contributed by atoms with Gasteiger partial charge >= 0.3 is 0 Å². The third kappa shape index (κ3) is 4.18. The van der Waals surface area contributed by atoms with Crippen molar-refractivity contribution in [3.63, 3.8) is 0 Å². The van der Waals surface area contributed by atoms with Crippen molar-refractivity contribution in [1.29, 1.82) is 0 Å². The van der Waals surface area contributed by atoms with E-state index in [0.717, 1.165) is 43.4 Å². The summed E-state index contributed by atoms with van der Waals surface area (Å²) in [6.45, 7) is 12.2. The average molecular weight is 311 g/mol. The molecule has 2 rings (SSSR count). The monoisotopic (exact) mass is 311 g/mol. The van der Waals surface area contributed by atoms with Gasteiger partial charge in [0.05, 0.1) is 11.8 Å². The molecule has 0 aliphatic carbocycles. The number of aromatic nitrogens is 1. The summed E-state index contributed by atoms with van der Waals surface area (Å²) in [6.07, 6.45) is 3.77. The number of rotatable bonds is 5. The van der Waals surface area contributed by atoms with Crippen LogP contribution in [0.5, 0.6) is 0 Å². The first kappa shape index (κ1) is 16.7. The van der Waals surface area contributed by atoms with E-state index < -0.39 is 0 Å². The Morgan fingerprint density at radius 1 is 1.43 bits per heavy atom. The second-order valence-electron chi connectivity index (χ2n) is 6.80. The third-order valence-corrected chi connectivity index (χ3v) is 4.93. The van der Waals surface area contributed by atoms with Crippen molar-refractivity contribution < 1.29 is 4.74 Å². The number of hydrogen-bond donors (Lipinski definition) is 1. The molecule has 0 amide bonds. The summed E-state index contributed by atoms with van der Waals surface area (Å²) in [5.74, 6) is 0. The maximum absolute atomic E-state index is 5.92. The average Bonchev–Trinajstić information content (AvgIpc) is 2.90. The summed E-state index contributed by atoms with van der Waals surface area (Å²) in [4.78, 5) is 8.49. The lowest BCUT2D eigenvalue weighted by Crippen LogP contribution is -2.39. The van der Waals surface area contributed by atoms with Gasteiger partial charge in [-0.1, -0.05) is 27.7 Å². The standard InChI is InChI=1S/C16H29N3OS/c1-5-9-20-12-7-6-8-19(11-12)15-18-14(16(2,3)4)13(10-17)21-15/h12H,5-11,17H2,1-4H3. The molecule has 1 atom stereocenters. The lowest BCUT2D eigenvalue weighted by Gasteiger charge is -2.32. The highest BCUT2D eigenvalue weighted by atomic mass is 32.1. The van der Waals surface area contributed by atoms with Crippen molar-refractivity contribution in [3.05, 3.63) is 10.6 Å². The number of piperidine rings is 1. The van der Waals surface area contributed by atoms with E-state index in [0.29, 0.717) is 12.6 Å². The van der Waals surface area contributed by atoms with E-state index in [1.54, 1.807) is 11.3 Å². The van der Waals surface area contributed by atoms with Crippen LogP contribution in [-0.2, 0) is 16.7 Å². The molecule has 1 aliphatic rings. The molecule has 0 bridgehead atoms. The van der Waals surface area contributed by atoms with Crippen LogP contribution < -0.4 is 10.6 Å². The van der Waals surface area contributed by atoms with Crippen LogP contribution >= 0.6 is 11.3 Å². The molecule has 1 unspecified atom stereocenters. The minimum atomic E-state index is 0.0529. The summed E-state index contributed by atoms with van der Waals surface area (Å²) in [5.41, 5.74) is 7.12. The molecule has 21 heavy (non-hydrogen) atoms. The van der Waals surface area contributed by atoms with Crippen LogP contribution in [0, 0.1) is 0 Å². The maximum Gasteiger partial charge on any atom is 0.185 e. The number of ether oxygens (including phenoxy) is 1. The molecule has 5 heteroatoms. The zero-order valence-electron chi connectivity index (χ0n) is 13.8. The van der Waals surface area contributed by atoms with Crippen molar-refractivity contribution in [2.24, 2.45) is 5.73 Å². The van der Waals surface area contributed by atoms with Gasteiger partial charge in [0.2, 0.25) is 0 Å². The zero-order valence-corrected chi connectivity index (χ0v) is 14.6. The topological polar surface area (TPSA) is 51.4 Å². The van der Waals surface area contributed by atoms with E-state index in [1.165, 1.54) is 11.3 Å². The van der Waals surface area contributed by atoms with Crippen LogP contribution in [0.25, 0.3) is 0 Å². The molecule has 120 valence electrons. The highest BCUT2D eigenvalue weighted by molar-refractivity contribution is 7.15. The SMILES string of the molecule is CCCOC1CCCN(c2nc(C(C)(C)C)c(CN)s2)C1. The number of hydrogen-bond acceptors (Lipinski definition) is 5. The van der Waals surface area contributed by atoms with Gasteiger partial charge in [-0.25, -0.2) is 4.98 Å². The molecule has 1 aliphatic heterocycles. The number of nitrogens with two attached hydrogens (primary N) is 1. The molecule has 2 heterocycles. The van der Waals surface area contributed by atoms with E-state index in [2.05, 4.69) is 32.6 Å². The second-order valence-corrected chi connectivity index (χ2v) is 7.87. The molecule has 1 saturated heterocycles. The summed E-state index contributed by atoms with van der Waals surface area (Å²) >= 11 is 1.75. The first-order valence-corrected chi connectivity index (χ1v) is 8.84. The number of nitrogens with zero attached hydrogens (tertiary/aromatic N) is 2. The van der Waals surface area contributed by atoms with E-state index in [-0.39, 0.29) is 5.41 Å². The van der Waals surface area contributed by atoms with Gasteiger partial charge in [-0.3, -0.25) is 0 Å². The summed E-state index contributed by atoms with van der Waals surface area (Å²) in [6, 6.07) is 0. The van der Waals surface area contributed by atoms with Gasteiger partial charge in [0.15, 0.2) is 5.13 Å². The Morgan fingerprint density at radius 2 is 2.19 bits per heavy atom. The molecule has 1 aromatic heterocycles. The van der Waals surface area contributed by atoms with E-state index in [9.17, 15) is 0 Å². The van der Waals surface area contributed by atoms with Crippen molar-refractivity contribution in [3.8, 4) is 0 Å². The number of anilines is 1. The first-order valence-electron chi connectivity index (χ1n) is 8.02. The molecule has 4 nitrogen and oxygen atoms in total. The van der Waals surface area contributed by atoms with Crippen LogP contribution in [0.3, 0.4) is 0 Å². The molecular formula is C16H29N3OS. The lowest BCUT2D eigenvalue weighted by molar-refractivity contribution is 0.0440. The molecule has 2 N–H and O–H groups in total. The van der Waals surface area contributed by atoms with Gasteiger partial charge in [0.1, 0.15) is 0 Å². The summed E-state index contributed by atoms with van der Waals surface area (Å²) in [7, 11) is 0. The maximum atomic E-state index is 5.92. The van der Waals surface area contributed by atoms with E-state index >= 15 is 0 Å². The normalized spacial score (nSPS) is 20.0. The predicted octanol–water partition coefficient (Wildman–Crippen LogP) is 3.29. The fraction of sp³-hybridized carbons (Fsp3) is 0.812. The van der Waals surface area contributed by atoms with E-state index in [1.807, 2.05) is 0 Å². The largest absolute Gasteiger partial charge is 0.376 e. The first-order chi connectivity index (χ1) is 9.95. The van der Waals surface area contributed by atoms with Crippen molar-refractivity contribution in [2.75, 3.05) is 24.6 Å². The Balaban J connectivity index is 2.12. The zero-order chi connectivity index (χ0) is 15.5. The highest BCUT2D eigenvalue weighted by Gasteiger charge is 2.27. The minimum absolute atomic E-state index is 0.0529. The Bertz CT molecular complexity index is 453. The van der Waals surface area contributed by atoms with E-state index in [4.69, 9.17) is 15.5 Å². The van der Waals surface area contributed by atoms with Crippen LogP contribution in [0.15, 0.2) is 0 Å². The minimum Gasteiger partial charge on any atom is -0.376 e. The van der Waals surface area contributed by atoms with Crippen molar-refractivity contribution >= 4 is 16.5 Å². The molecule has 1 fully saturated rings. The molecular weight excluding hydrogens is 282 g/mol. The molecule has 0 saturated carbocycles. The summed E-state index contributed by atoms with van der Waals surface area (Å²) in [5, 5.41) is 1.12. The third-order valence-electron chi connectivity index (χ3n) is 3.79. The predicted molar refractivity (Wildman–Crippen MR) is 90.2 cm³/mol. The number of thiazole rings is 1. The Labute approximate surface area is 132 Å². The summed E-state index contributed by atoms with van der Waals surface area (Å²) < 4.78 is 5.92. The quantitative estimate of drug-likeness (QED) is 0.906. The fourth-order valence-corrected chi connectivity index (χ4v) is 3.92. The smallest absolute Gasteiger partial charge is 0.185 e. The Morgan fingerprint density at radius 3 is 2.76 bits per heavy atom. The molecule has 0 radical (unpaired) electrons. The highest BCUT2D eigenvalue weighted by Crippen LogP contribution is 2.34. The fourth-order valence-electron chi connectivity index (χ4n) is 2.73. The van der Waals surface area contributed by atoms with Gasteiger partial charge in [-0.05, 0) is 19.3 Å². The Hall–Kier alpha value is -0.650. The van der Waals surface area contributed by atoms with Crippen molar-refractivity contribution in [1.82, 2.24) is 4.98 Å².